The zero-order valence-electron chi connectivity index (χ0n) is 16.8. The summed E-state index contributed by atoms with van der Waals surface area (Å²) in [5.74, 6) is -1.85. The Hall–Kier alpha value is -2.67. The van der Waals surface area contributed by atoms with Crippen LogP contribution in [0.3, 0.4) is 0 Å². The van der Waals surface area contributed by atoms with E-state index in [1.807, 2.05) is 6.92 Å². The van der Waals surface area contributed by atoms with Crippen molar-refractivity contribution >= 4 is 24.0 Å². The highest BCUT2D eigenvalue weighted by Gasteiger charge is 2.36. The Kier molecular flexibility index (Phi) is 10.8. The molecule has 1 rings (SSSR count). The molecule has 4 N–H and O–H groups in total. The zero-order chi connectivity index (χ0) is 22.6. The molecule has 0 aliphatic heterocycles. The highest BCUT2D eigenvalue weighted by molar-refractivity contribution is 5.80. The molecule has 2 amide bonds. The number of hydroxylamine groups is 2. The second-order valence-electron chi connectivity index (χ2n) is 6.41. The number of nitrogens with zero attached hydrogens (tertiary/aromatic N) is 3. The van der Waals surface area contributed by atoms with Crippen LogP contribution in [0.4, 0.5) is 24.8 Å². The Balaban J connectivity index is 2.84. The zero-order valence-corrected chi connectivity index (χ0v) is 16.8. The summed E-state index contributed by atoms with van der Waals surface area (Å²) in [5, 5.41) is 12.2. The molecule has 13 heteroatoms. The second kappa shape index (κ2) is 12.8. The van der Waals surface area contributed by atoms with E-state index < -0.39 is 29.6 Å². The summed E-state index contributed by atoms with van der Waals surface area (Å²) in [6, 6.07) is 0. The summed E-state index contributed by atoms with van der Waals surface area (Å²) < 4.78 is 44.6. The lowest BCUT2D eigenvalue weighted by atomic mass is 10.0. The molecular formula is C17H27F3N6O4. The first-order valence-electron chi connectivity index (χ1n) is 9.36. The van der Waals surface area contributed by atoms with Gasteiger partial charge in [0.2, 0.25) is 18.3 Å². The number of ether oxygens (including phenoxy) is 1. The van der Waals surface area contributed by atoms with Gasteiger partial charge >= 0.3 is 6.18 Å². The summed E-state index contributed by atoms with van der Waals surface area (Å²) in [4.78, 5) is 30.2. The fraction of sp³-hybridized carbons (Fsp3) is 0.647. The minimum Gasteiger partial charge on any atom is -0.383 e. The molecule has 1 aromatic heterocycles. The van der Waals surface area contributed by atoms with Crippen molar-refractivity contribution in [2.45, 2.75) is 38.8 Å². The van der Waals surface area contributed by atoms with Crippen LogP contribution in [0.25, 0.3) is 0 Å². The Morgan fingerprint density at radius 2 is 2.13 bits per heavy atom. The van der Waals surface area contributed by atoms with Crippen molar-refractivity contribution in [3.63, 3.8) is 0 Å². The largest absolute Gasteiger partial charge is 0.435 e. The van der Waals surface area contributed by atoms with Gasteiger partial charge in [-0.1, -0.05) is 26.2 Å². The Morgan fingerprint density at radius 3 is 2.73 bits per heavy atom. The smallest absolute Gasteiger partial charge is 0.383 e. The number of methoxy groups -OCH3 is 1. The maximum atomic E-state index is 13.3. The number of hydrogen-bond donors (Lipinski definition) is 4. The van der Waals surface area contributed by atoms with Gasteiger partial charge in [0.05, 0.1) is 31.0 Å². The minimum absolute atomic E-state index is 0.125. The van der Waals surface area contributed by atoms with E-state index in [1.165, 1.54) is 7.11 Å². The van der Waals surface area contributed by atoms with Crippen molar-refractivity contribution < 1.29 is 32.7 Å². The number of anilines is 2. The van der Waals surface area contributed by atoms with Crippen LogP contribution >= 0.6 is 0 Å². The quantitative estimate of drug-likeness (QED) is 0.151. The lowest BCUT2D eigenvalue weighted by molar-refractivity contribution is -0.154. The number of nitrogens with one attached hydrogen (secondary N) is 3. The summed E-state index contributed by atoms with van der Waals surface area (Å²) in [5.41, 5.74) is 2.96. The van der Waals surface area contributed by atoms with E-state index in [1.54, 1.807) is 0 Å². The predicted molar refractivity (Wildman–Crippen MR) is 101 cm³/mol. The van der Waals surface area contributed by atoms with Gasteiger partial charge < -0.3 is 10.1 Å². The first-order valence-corrected chi connectivity index (χ1v) is 9.36. The van der Waals surface area contributed by atoms with E-state index >= 15 is 0 Å². The maximum absolute atomic E-state index is 13.3. The fourth-order valence-corrected chi connectivity index (χ4v) is 2.51. The number of rotatable bonds is 14. The molecule has 1 heterocycles. The van der Waals surface area contributed by atoms with Crippen LogP contribution in [-0.4, -0.2) is 59.4 Å². The molecule has 30 heavy (non-hydrogen) atoms. The number of halogens is 3. The van der Waals surface area contributed by atoms with Crippen LogP contribution in [0.15, 0.2) is 6.20 Å². The molecule has 1 atom stereocenters. The van der Waals surface area contributed by atoms with E-state index in [9.17, 15) is 28.0 Å². The third kappa shape index (κ3) is 8.78. The molecule has 0 saturated heterocycles. The monoisotopic (exact) mass is 436 g/mol. The lowest BCUT2D eigenvalue weighted by Gasteiger charge is -2.20. The SMILES string of the molecule is CCCCCC(CN(O)C=O)C(=O)NNc1ncc(NCCOC)c(C(F)(F)F)n1. The van der Waals surface area contributed by atoms with Crippen LogP contribution in [-0.2, 0) is 20.5 Å². The Morgan fingerprint density at radius 1 is 1.40 bits per heavy atom. The molecule has 0 radical (unpaired) electrons. The predicted octanol–water partition coefficient (Wildman–Crippen LogP) is 2.04. The summed E-state index contributed by atoms with van der Waals surface area (Å²) in [7, 11) is 1.42. The van der Waals surface area contributed by atoms with Crippen LogP contribution < -0.4 is 16.2 Å². The Labute approximate surface area is 172 Å². The highest BCUT2D eigenvalue weighted by atomic mass is 19.4. The van der Waals surface area contributed by atoms with E-state index in [0.29, 0.717) is 17.9 Å². The average Bonchev–Trinajstić information content (AvgIpc) is 2.71. The molecule has 0 fully saturated rings. The van der Waals surface area contributed by atoms with Gasteiger partial charge in [-0.2, -0.15) is 13.2 Å². The molecule has 0 saturated carbocycles. The Bertz CT molecular complexity index is 677. The average molecular weight is 436 g/mol. The van der Waals surface area contributed by atoms with Gasteiger partial charge in [-0.25, -0.2) is 15.0 Å². The lowest BCUT2D eigenvalue weighted by Crippen LogP contribution is -2.40. The molecule has 1 unspecified atom stereocenters. The fourth-order valence-electron chi connectivity index (χ4n) is 2.51. The van der Waals surface area contributed by atoms with Crippen molar-refractivity contribution in [2.75, 3.05) is 37.5 Å². The van der Waals surface area contributed by atoms with Crippen molar-refractivity contribution in [1.29, 1.82) is 0 Å². The van der Waals surface area contributed by atoms with Crippen LogP contribution in [0.1, 0.15) is 38.3 Å². The van der Waals surface area contributed by atoms with Crippen LogP contribution in [0, 0.1) is 5.92 Å². The molecule has 0 spiro atoms. The summed E-state index contributed by atoms with van der Waals surface area (Å²) in [6.45, 7) is 2.04. The number of aromatic nitrogens is 2. The number of hydrogen-bond acceptors (Lipinski definition) is 8. The van der Waals surface area contributed by atoms with Crippen LogP contribution in [0.2, 0.25) is 0 Å². The molecule has 0 aromatic carbocycles. The van der Waals surface area contributed by atoms with Gasteiger partial charge in [-0.05, 0) is 6.42 Å². The van der Waals surface area contributed by atoms with Crippen molar-refractivity contribution in [1.82, 2.24) is 20.5 Å². The van der Waals surface area contributed by atoms with Crippen LogP contribution in [0.5, 0.6) is 0 Å². The highest BCUT2D eigenvalue weighted by Crippen LogP contribution is 2.33. The number of carbonyl (C=O) groups excluding carboxylic acids is 2. The number of unbranched alkanes of at least 4 members (excludes halogenated alkanes) is 2. The third-order valence-corrected chi connectivity index (χ3v) is 4.03. The summed E-state index contributed by atoms with van der Waals surface area (Å²) >= 11 is 0. The topological polar surface area (TPSA) is 129 Å². The van der Waals surface area contributed by atoms with E-state index in [-0.39, 0.29) is 31.8 Å². The standard InChI is InChI=1S/C17H27F3N6O4/c1-3-4-5-6-12(10-26(29)11-27)15(28)24-25-16-22-9-13(21-7-8-30-2)14(23-16)17(18,19)20/h9,11-12,21,29H,3-8,10H2,1-2H3,(H,24,28)(H,22,23,25). The van der Waals surface area contributed by atoms with Gasteiger partial charge in [0.1, 0.15) is 0 Å². The first-order chi connectivity index (χ1) is 14.2. The molecule has 0 aliphatic carbocycles. The molecule has 0 bridgehead atoms. The number of amides is 2. The molecular weight excluding hydrogens is 409 g/mol. The van der Waals surface area contributed by atoms with Crippen molar-refractivity contribution in [2.24, 2.45) is 5.92 Å². The van der Waals surface area contributed by atoms with Gasteiger partial charge in [0.25, 0.3) is 0 Å². The van der Waals surface area contributed by atoms with Gasteiger partial charge in [-0.15, -0.1) is 0 Å². The van der Waals surface area contributed by atoms with Crippen molar-refractivity contribution in [3.05, 3.63) is 11.9 Å². The van der Waals surface area contributed by atoms with Crippen molar-refractivity contribution in [3.8, 4) is 0 Å². The van der Waals surface area contributed by atoms with E-state index in [0.717, 1.165) is 19.0 Å². The second-order valence-corrected chi connectivity index (χ2v) is 6.41. The molecule has 10 nitrogen and oxygen atoms in total. The number of alkyl halides is 3. The van der Waals surface area contributed by atoms with Gasteiger partial charge in [0, 0.05) is 13.7 Å². The molecule has 1 aromatic rings. The van der Waals surface area contributed by atoms with E-state index in [4.69, 9.17) is 4.74 Å². The summed E-state index contributed by atoms with van der Waals surface area (Å²) in [6.07, 6.45) is -0.826. The maximum Gasteiger partial charge on any atom is 0.435 e. The first kappa shape index (κ1) is 25.4. The number of carbonyl (C=O) groups is 2. The minimum atomic E-state index is -4.75. The third-order valence-electron chi connectivity index (χ3n) is 4.03. The van der Waals surface area contributed by atoms with Gasteiger partial charge in [0.15, 0.2) is 5.69 Å². The number of hydrazine groups is 1. The molecule has 0 aliphatic rings. The normalized spacial score (nSPS) is 12.2. The molecule has 170 valence electrons. The van der Waals surface area contributed by atoms with Gasteiger partial charge in [-0.3, -0.25) is 25.6 Å². The van der Waals surface area contributed by atoms with E-state index in [2.05, 4.69) is 26.1 Å².